The summed E-state index contributed by atoms with van der Waals surface area (Å²) in [6.45, 7) is 0. The van der Waals surface area contributed by atoms with Crippen LogP contribution >= 0.6 is 0 Å². The van der Waals surface area contributed by atoms with Gasteiger partial charge in [0, 0.05) is 43.5 Å². The van der Waals surface area contributed by atoms with E-state index in [1.165, 1.54) is 0 Å². The van der Waals surface area contributed by atoms with Crippen LogP contribution in [0.15, 0.2) is 60.8 Å². The molecule has 4 aromatic rings. The lowest BCUT2D eigenvalue weighted by Gasteiger charge is -2.19. The summed E-state index contributed by atoms with van der Waals surface area (Å²) in [5.41, 5.74) is 6.87. The van der Waals surface area contributed by atoms with Crippen molar-refractivity contribution in [2.45, 2.75) is 6.42 Å². The molecule has 2 aromatic heterocycles. The quantitative estimate of drug-likeness (QED) is 0.549. The number of fused-ring (bicyclic) bond motifs is 2. The Morgan fingerprint density at radius 3 is 2.67 bits per heavy atom. The lowest BCUT2D eigenvalue weighted by Crippen LogP contribution is -2.08. The van der Waals surface area contributed by atoms with Crippen molar-refractivity contribution in [3.05, 3.63) is 83.3 Å². The maximum absolute atomic E-state index is 11.6. The summed E-state index contributed by atoms with van der Waals surface area (Å²) in [4.78, 5) is 18.1. The number of para-hydroxylation sites is 1. The fourth-order valence-corrected chi connectivity index (χ4v) is 4.16. The highest BCUT2D eigenvalue weighted by atomic mass is 16.4. The third kappa shape index (κ3) is 2.85. The van der Waals surface area contributed by atoms with Crippen molar-refractivity contribution < 1.29 is 9.90 Å². The topological polar surface area (TPSA) is 71.2 Å². The average Bonchev–Trinajstić information content (AvgIpc) is 3.32. The molecule has 2 heterocycles. The normalized spacial score (nSPS) is 12.7. The van der Waals surface area contributed by atoms with Gasteiger partial charge in [0.25, 0.3) is 0 Å². The molecule has 6 heteroatoms. The van der Waals surface area contributed by atoms with Gasteiger partial charge in [0.2, 0.25) is 0 Å². The SMILES string of the molecule is CN(c1ccccc1)c1ccc2c(C3=Cc4nccc(C(=O)O)c4C3)n(C)nc2c1. The molecule has 0 saturated heterocycles. The second-order valence-corrected chi connectivity index (χ2v) is 7.44. The molecule has 6 nitrogen and oxygen atoms in total. The van der Waals surface area contributed by atoms with Crippen LogP contribution in [0.25, 0.3) is 22.6 Å². The Bertz CT molecular complexity index is 1320. The van der Waals surface area contributed by atoms with Crippen LogP contribution < -0.4 is 4.90 Å². The number of anilines is 2. The number of pyridine rings is 1. The van der Waals surface area contributed by atoms with Crippen LogP contribution in [0.4, 0.5) is 11.4 Å². The number of carboxylic acids is 1. The van der Waals surface area contributed by atoms with Gasteiger partial charge in [0.15, 0.2) is 0 Å². The van der Waals surface area contributed by atoms with Crippen molar-refractivity contribution in [2.24, 2.45) is 7.05 Å². The molecule has 5 rings (SSSR count). The van der Waals surface area contributed by atoms with E-state index in [2.05, 4.69) is 40.2 Å². The largest absolute Gasteiger partial charge is 0.478 e. The number of hydrogen-bond acceptors (Lipinski definition) is 4. The number of aromatic nitrogens is 3. The Morgan fingerprint density at radius 2 is 1.90 bits per heavy atom. The fraction of sp³-hybridized carbons (Fsp3) is 0.125. The molecule has 1 aliphatic rings. The molecule has 0 fully saturated rings. The van der Waals surface area contributed by atoms with E-state index in [1.807, 2.05) is 43.1 Å². The molecule has 0 bridgehead atoms. The van der Waals surface area contributed by atoms with Crippen LogP contribution in [0.3, 0.4) is 0 Å². The zero-order valence-corrected chi connectivity index (χ0v) is 16.7. The van der Waals surface area contributed by atoms with Crippen LogP contribution in [-0.2, 0) is 13.5 Å². The first-order valence-electron chi connectivity index (χ1n) is 9.70. The second kappa shape index (κ2) is 6.84. The van der Waals surface area contributed by atoms with Crippen molar-refractivity contribution in [1.29, 1.82) is 0 Å². The van der Waals surface area contributed by atoms with Gasteiger partial charge < -0.3 is 10.0 Å². The maximum Gasteiger partial charge on any atom is 0.336 e. The van der Waals surface area contributed by atoms with Gasteiger partial charge in [-0.3, -0.25) is 9.67 Å². The van der Waals surface area contributed by atoms with Crippen LogP contribution in [0, 0.1) is 0 Å². The Morgan fingerprint density at radius 1 is 1.10 bits per heavy atom. The number of carbonyl (C=O) groups is 1. The maximum atomic E-state index is 11.6. The summed E-state index contributed by atoms with van der Waals surface area (Å²) in [7, 11) is 3.96. The summed E-state index contributed by atoms with van der Waals surface area (Å²) in [5.74, 6) is -0.924. The van der Waals surface area contributed by atoms with Crippen molar-refractivity contribution in [2.75, 3.05) is 11.9 Å². The molecule has 0 saturated carbocycles. The summed E-state index contributed by atoms with van der Waals surface area (Å²) in [6.07, 6.45) is 4.06. The zero-order chi connectivity index (χ0) is 20.8. The summed E-state index contributed by atoms with van der Waals surface area (Å²) >= 11 is 0. The number of nitrogens with zero attached hydrogens (tertiary/aromatic N) is 4. The van der Waals surface area contributed by atoms with Crippen LogP contribution in [0.2, 0.25) is 0 Å². The predicted molar refractivity (Wildman–Crippen MR) is 118 cm³/mol. The number of aryl methyl sites for hydroxylation is 1. The van der Waals surface area contributed by atoms with E-state index in [4.69, 9.17) is 5.10 Å². The summed E-state index contributed by atoms with van der Waals surface area (Å²) in [5, 5.41) is 15.3. The molecule has 0 atom stereocenters. The van der Waals surface area contributed by atoms with Crippen LogP contribution in [-0.4, -0.2) is 32.9 Å². The molecule has 0 amide bonds. The summed E-state index contributed by atoms with van der Waals surface area (Å²) in [6, 6.07) is 18.0. The molecular formula is C24H20N4O2. The van der Waals surface area contributed by atoms with Crippen molar-refractivity contribution >= 4 is 39.9 Å². The van der Waals surface area contributed by atoms with Crippen molar-refractivity contribution in [1.82, 2.24) is 14.8 Å². The predicted octanol–water partition coefficient (Wildman–Crippen LogP) is 4.53. The molecule has 30 heavy (non-hydrogen) atoms. The molecule has 0 spiro atoms. The van der Waals surface area contributed by atoms with E-state index >= 15 is 0 Å². The number of aromatic carboxylic acids is 1. The van der Waals surface area contributed by atoms with Gasteiger partial charge in [-0.05, 0) is 53.6 Å². The third-order valence-electron chi connectivity index (χ3n) is 5.65. The number of allylic oxidation sites excluding steroid dienone is 1. The Labute approximate surface area is 173 Å². The average molecular weight is 396 g/mol. The van der Waals surface area contributed by atoms with Crippen LogP contribution in [0.5, 0.6) is 0 Å². The molecule has 2 aromatic carbocycles. The first-order chi connectivity index (χ1) is 14.5. The van der Waals surface area contributed by atoms with Gasteiger partial charge in [-0.15, -0.1) is 0 Å². The minimum atomic E-state index is -0.924. The van der Waals surface area contributed by atoms with Gasteiger partial charge in [0.1, 0.15) is 0 Å². The highest BCUT2D eigenvalue weighted by Crippen LogP contribution is 2.36. The number of benzene rings is 2. The smallest absolute Gasteiger partial charge is 0.336 e. The fourth-order valence-electron chi connectivity index (χ4n) is 4.16. The number of rotatable bonds is 4. The number of carboxylic acid groups (broad SMARTS) is 1. The van der Waals surface area contributed by atoms with E-state index in [1.54, 1.807) is 12.3 Å². The minimum absolute atomic E-state index is 0.310. The first-order valence-corrected chi connectivity index (χ1v) is 9.70. The van der Waals surface area contributed by atoms with E-state index in [-0.39, 0.29) is 0 Å². The molecule has 148 valence electrons. The molecule has 0 unspecified atom stereocenters. The molecule has 0 aliphatic heterocycles. The van der Waals surface area contributed by atoms with Gasteiger partial charge >= 0.3 is 5.97 Å². The Hall–Kier alpha value is -3.93. The van der Waals surface area contributed by atoms with Crippen molar-refractivity contribution in [3.63, 3.8) is 0 Å². The third-order valence-corrected chi connectivity index (χ3v) is 5.65. The lowest BCUT2D eigenvalue weighted by molar-refractivity contribution is 0.0695. The van der Waals surface area contributed by atoms with Gasteiger partial charge in [-0.25, -0.2) is 4.79 Å². The highest BCUT2D eigenvalue weighted by molar-refractivity contribution is 6.01. The van der Waals surface area contributed by atoms with Crippen LogP contribution in [0.1, 0.15) is 27.3 Å². The van der Waals surface area contributed by atoms with Gasteiger partial charge in [-0.2, -0.15) is 5.10 Å². The molecule has 1 aliphatic carbocycles. The zero-order valence-electron chi connectivity index (χ0n) is 16.7. The van der Waals surface area contributed by atoms with Crippen molar-refractivity contribution in [3.8, 4) is 0 Å². The Balaban J connectivity index is 1.55. The summed E-state index contributed by atoms with van der Waals surface area (Å²) < 4.78 is 1.87. The monoisotopic (exact) mass is 396 g/mol. The van der Waals surface area contributed by atoms with E-state index in [9.17, 15) is 9.90 Å². The molecule has 1 N–H and O–H groups in total. The standard InChI is InChI=1S/C24H20N4O2/c1-27(16-6-4-3-5-7-16)17-8-9-19-22(14-17)26-28(2)23(19)15-12-20-18(24(29)30)10-11-25-21(20)13-15/h3-11,13-14H,12H2,1-2H3,(H,29,30). The van der Waals surface area contributed by atoms with Gasteiger partial charge in [0.05, 0.1) is 22.5 Å². The molecule has 0 radical (unpaired) electrons. The highest BCUT2D eigenvalue weighted by Gasteiger charge is 2.24. The molecular weight excluding hydrogens is 376 g/mol. The second-order valence-electron chi connectivity index (χ2n) is 7.44. The first kappa shape index (κ1) is 18.1. The van der Waals surface area contributed by atoms with E-state index in [0.717, 1.165) is 44.8 Å². The Kier molecular flexibility index (Phi) is 4.13. The lowest BCUT2D eigenvalue weighted by atomic mass is 10.0. The minimum Gasteiger partial charge on any atom is -0.478 e. The number of hydrogen-bond donors (Lipinski definition) is 1. The van der Waals surface area contributed by atoms with Gasteiger partial charge in [-0.1, -0.05) is 18.2 Å². The van der Waals surface area contributed by atoms with E-state index in [0.29, 0.717) is 12.0 Å². The van der Waals surface area contributed by atoms with E-state index < -0.39 is 5.97 Å².